The fourth-order valence-electron chi connectivity index (χ4n) is 2.83. The summed E-state index contributed by atoms with van der Waals surface area (Å²) in [5, 5.41) is 26.7. The van der Waals surface area contributed by atoms with Gasteiger partial charge in [0, 0.05) is 24.8 Å². The van der Waals surface area contributed by atoms with Crippen molar-refractivity contribution in [2.24, 2.45) is 20.5 Å². The first-order chi connectivity index (χ1) is 15.6. The van der Waals surface area contributed by atoms with E-state index in [2.05, 4.69) is 30.4 Å². The van der Waals surface area contributed by atoms with E-state index < -0.39 is 6.10 Å². The minimum Gasteiger partial charge on any atom is -0.389 e. The number of aliphatic hydroxyl groups is 1. The Balaban J connectivity index is 1.39. The van der Waals surface area contributed by atoms with Gasteiger partial charge in [-0.25, -0.2) is 18.7 Å². The zero-order valence-electron chi connectivity index (χ0n) is 16.7. The first kappa shape index (κ1) is 21.1. The van der Waals surface area contributed by atoms with Gasteiger partial charge in [-0.3, -0.25) is 0 Å². The zero-order chi connectivity index (χ0) is 22.3. The summed E-state index contributed by atoms with van der Waals surface area (Å²) in [4.78, 5) is 8.25. The molecule has 0 atom stereocenters. The van der Waals surface area contributed by atoms with Gasteiger partial charge in [-0.1, -0.05) is 0 Å². The molecule has 0 saturated carbocycles. The number of rotatable bonds is 8. The number of halogens is 2. The van der Waals surface area contributed by atoms with Gasteiger partial charge < -0.3 is 14.2 Å². The Hall–Kier alpha value is -4.12. The summed E-state index contributed by atoms with van der Waals surface area (Å²) in [7, 11) is 0. The molecule has 0 aliphatic heterocycles. The number of aliphatic hydroxyl groups excluding tert-OH is 1. The molecule has 32 heavy (non-hydrogen) atoms. The molecular weight excluding hydrogens is 418 g/mol. The maximum absolute atomic E-state index is 13.0. The predicted molar refractivity (Wildman–Crippen MR) is 112 cm³/mol. The quantitative estimate of drug-likeness (QED) is 0.381. The Morgan fingerprint density at radius 2 is 1.09 bits per heavy atom. The van der Waals surface area contributed by atoms with Crippen molar-refractivity contribution in [2.75, 3.05) is 0 Å². The second-order valence-corrected chi connectivity index (χ2v) is 6.77. The summed E-state index contributed by atoms with van der Waals surface area (Å²) < 4.78 is 29.3. The fraction of sp³-hybridized carbons (Fsp3) is 0.143. The van der Waals surface area contributed by atoms with Gasteiger partial charge in [0.05, 0.1) is 30.6 Å². The molecule has 0 radical (unpaired) electrons. The van der Waals surface area contributed by atoms with Gasteiger partial charge in [0.15, 0.2) is 0 Å². The van der Waals surface area contributed by atoms with Crippen LogP contribution in [0.25, 0.3) is 0 Å². The van der Waals surface area contributed by atoms with Crippen LogP contribution in [0.5, 0.6) is 0 Å². The van der Waals surface area contributed by atoms with Crippen molar-refractivity contribution >= 4 is 23.3 Å². The molecule has 162 valence electrons. The molecule has 2 aromatic carbocycles. The lowest BCUT2D eigenvalue weighted by Gasteiger charge is -2.13. The summed E-state index contributed by atoms with van der Waals surface area (Å²) in [6.45, 7) is 0.398. The van der Waals surface area contributed by atoms with Crippen molar-refractivity contribution in [1.82, 2.24) is 19.1 Å². The van der Waals surface area contributed by atoms with Crippen LogP contribution in [0.2, 0.25) is 0 Å². The molecule has 0 unspecified atom stereocenters. The van der Waals surface area contributed by atoms with Crippen molar-refractivity contribution in [1.29, 1.82) is 0 Å². The van der Waals surface area contributed by atoms with Crippen molar-refractivity contribution in [3.05, 3.63) is 85.0 Å². The van der Waals surface area contributed by atoms with Crippen LogP contribution in [0.1, 0.15) is 0 Å². The number of azo groups is 2. The van der Waals surface area contributed by atoms with Crippen LogP contribution in [-0.4, -0.2) is 30.3 Å². The second kappa shape index (κ2) is 9.79. The highest BCUT2D eigenvalue weighted by atomic mass is 19.1. The van der Waals surface area contributed by atoms with Gasteiger partial charge in [0.2, 0.25) is 11.9 Å². The van der Waals surface area contributed by atoms with Gasteiger partial charge in [-0.05, 0) is 48.5 Å². The van der Waals surface area contributed by atoms with Gasteiger partial charge in [-0.2, -0.15) is 0 Å². The van der Waals surface area contributed by atoms with Crippen LogP contribution < -0.4 is 0 Å². The summed E-state index contributed by atoms with van der Waals surface area (Å²) in [5.41, 5.74) is 0.965. The molecule has 0 amide bonds. The topological polar surface area (TPSA) is 105 Å². The molecule has 2 aromatic heterocycles. The van der Waals surface area contributed by atoms with E-state index in [9.17, 15) is 13.9 Å². The molecule has 0 aliphatic carbocycles. The molecule has 4 aromatic rings. The molecule has 0 spiro atoms. The van der Waals surface area contributed by atoms with Crippen LogP contribution in [0.4, 0.5) is 32.1 Å². The number of nitrogens with zero attached hydrogens (tertiary/aromatic N) is 8. The lowest BCUT2D eigenvalue weighted by atomic mass is 10.3. The van der Waals surface area contributed by atoms with Gasteiger partial charge in [0.1, 0.15) is 11.6 Å². The molecule has 9 nitrogen and oxygen atoms in total. The smallest absolute Gasteiger partial charge is 0.249 e. The van der Waals surface area contributed by atoms with E-state index in [-0.39, 0.29) is 24.7 Å². The second-order valence-electron chi connectivity index (χ2n) is 6.77. The fourth-order valence-corrected chi connectivity index (χ4v) is 2.83. The predicted octanol–water partition coefficient (Wildman–Crippen LogP) is 5.25. The number of aromatic nitrogens is 4. The Bertz CT molecular complexity index is 1120. The van der Waals surface area contributed by atoms with E-state index in [4.69, 9.17) is 0 Å². The van der Waals surface area contributed by atoms with E-state index >= 15 is 0 Å². The van der Waals surface area contributed by atoms with Gasteiger partial charge in [-0.15, -0.1) is 20.5 Å². The first-order valence-corrected chi connectivity index (χ1v) is 9.62. The van der Waals surface area contributed by atoms with E-state index in [1.54, 1.807) is 33.9 Å². The lowest BCUT2D eigenvalue weighted by molar-refractivity contribution is 0.135. The third-order valence-corrected chi connectivity index (χ3v) is 4.36. The van der Waals surface area contributed by atoms with E-state index in [0.29, 0.717) is 23.3 Å². The van der Waals surface area contributed by atoms with Crippen molar-refractivity contribution in [3.63, 3.8) is 0 Å². The summed E-state index contributed by atoms with van der Waals surface area (Å²) in [6, 6.07) is 11.2. The Labute approximate surface area is 181 Å². The molecule has 2 heterocycles. The third-order valence-electron chi connectivity index (χ3n) is 4.36. The maximum atomic E-state index is 13.0. The van der Waals surface area contributed by atoms with Crippen LogP contribution >= 0.6 is 0 Å². The first-order valence-electron chi connectivity index (χ1n) is 9.62. The van der Waals surface area contributed by atoms with E-state index in [1.807, 2.05) is 0 Å². The normalized spacial score (nSPS) is 12.7. The Morgan fingerprint density at radius 1 is 0.688 bits per heavy atom. The Kier molecular flexibility index (Phi) is 6.46. The molecular formula is C21H18F2N8O. The number of imidazole rings is 2. The number of hydrogen-bond donors (Lipinski definition) is 1. The largest absolute Gasteiger partial charge is 0.389 e. The average Bonchev–Trinajstić information content (AvgIpc) is 3.42. The summed E-state index contributed by atoms with van der Waals surface area (Å²) in [5.74, 6) is -0.111. The molecule has 0 aliphatic rings. The third kappa shape index (κ3) is 5.52. The van der Waals surface area contributed by atoms with E-state index in [1.165, 1.54) is 48.5 Å². The molecule has 1 N–H and O–H groups in total. The minimum absolute atomic E-state index is 0.199. The molecule has 0 saturated heterocycles. The van der Waals surface area contributed by atoms with Crippen LogP contribution in [0.3, 0.4) is 0 Å². The highest BCUT2D eigenvalue weighted by molar-refractivity contribution is 5.37. The Morgan fingerprint density at radius 3 is 1.50 bits per heavy atom. The molecule has 4 rings (SSSR count). The lowest BCUT2D eigenvalue weighted by Crippen LogP contribution is -2.21. The van der Waals surface area contributed by atoms with Gasteiger partial charge in [0.25, 0.3) is 0 Å². The van der Waals surface area contributed by atoms with Crippen LogP contribution in [0.15, 0.2) is 93.8 Å². The molecule has 0 bridgehead atoms. The van der Waals surface area contributed by atoms with Crippen LogP contribution in [0, 0.1) is 11.6 Å². The van der Waals surface area contributed by atoms with Crippen molar-refractivity contribution < 1.29 is 13.9 Å². The maximum Gasteiger partial charge on any atom is 0.249 e. The van der Waals surface area contributed by atoms with Gasteiger partial charge >= 0.3 is 0 Å². The molecule has 11 heteroatoms. The number of benzene rings is 2. The highest BCUT2D eigenvalue weighted by Gasteiger charge is 2.12. The standard InChI is InChI=1S/C21H18F2N8O/c22-15-1-5-17(6-2-15)26-28-20-24-9-11-30(20)13-19(32)14-31-12-10-25-21(31)29-27-18-7-3-16(23)4-8-18/h1-12,19,32H,13-14H2. The van der Waals surface area contributed by atoms with Crippen molar-refractivity contribution in [2.45, 2.75) is 19.2 Å². The SMILES string of the molecule is OC(Cn1ccnc1N=Nc1ccc(F)cc1)Cn1ccnc1N=Nc1ccc(F)cc1. The monoisotopic (exact) mass is 436 g/mol. The van der Waals surface area contributed by atoms with Crippen LogP contribution in [-0.2, 0) is 13.1 Å². The zero-order valence-corrected chi connectivity index (χ0v) is 16.7. The summed E-state index contributed by atoms with van der Waals surface area (Å²) >= 11 is 0. The number of hydrogen-bond acceptors (Lipinski definition) is 7. The molecule has 0 fully saturated rings. The minimum atomic E-state index is -0.807. The average molecular weight is 436 g/mol. The van der Waals surface area contributed by atoms with Crippen molar-refractivity contribution in [3.8, 4) is 0 Å². The van der Waals surface area contributed by atoms with E-state index in [0.717, 1.165) is 0 Å². The highest BCUT2D eigenvalue weighted by Crippen LogP contribution is 2.19. The summed E-state index contributed by atoms with van der Waals surface area (Å²) in [6.07, 6.45) is 5.63.